The van der Waals surface area contributed by atoms with Gasteiger partial charge in [0.2, 0.25) is 5.90 Å². The van der Waals surface area contributed by atoms with Gasteiger partial charge in [-0.3, -0.25) is 0 Å². The van der Waals surface area contributed by atoms with Crippen molar-refractivity contribution < 1.29 is 4.74 Å². The van der Waals surface area contributed by atoms with Crippen LogP contribution in [0.2, 0.25) is 0 Å². The minimum atomic E-state index is 0.376. The van der Waals surface area contributed by atoms with Crippen molar-refractivity contribution in [1.82, 2.24) is 0 Å². The predicted molar refractivity (Wildman–Crippen MR) is 80.7 cm³/mol. The van der Waals surface area contributed by atoms with Gasteiger partial charge in [-0.25, -0.2) is 4.99 Å². The molecule has 0 aliphatic carbocycles. The number of benzene rings is 1. The molecule has 0 fully saturated rings. The highest BCUT2D eigenvalue weighted by molar-refractivity contribution is 5.95. The van der Waals surface area contributed by atoms with E-state index in [0.717, 1.165) is 18.1 Å². The lowest BCUT2D eigenvalue weighted by atomic mass is 10.1. The van der Waals surface area contributed by atoms with Crippen LogP contribution in [-0.2, 0) is 4.74 Å². The Kier molecular flexibility index (Phi) is 5.93. The molecular weight excluding hydrogens is 234 g/mol. The van der Waals surface area contributed by atoms with E-state index >= 15 is 0 Å². The molecule has 1 atom stereocenters. The lowest BCUT2D eigenvalue weighted by Crippen LogP contribution is -2.05. The van der Waals surface area contributed by atoms with Crippen LogP contribution in [0, 0.1) is 0 Å². The highest BCUT2D eigenvalue weighted by Gasteiger charge is 2.19. The molecule has 0 bridgehead atoms. The molecule has 1 aliphatic heterocycles. The summed E-state index contributed by atoms with van der Waals surface area (Å²) < 4.78 is 5.70. The minimum absolute atomic E-state index is 0.376. The Labute approximate surface area is 116 Å². The third-order valence-corrected chi connectivity index (χ3v) is 3.62. The summed E-state index contributed by atoms with van der Waals surface area (Å²) in [6.07, 6.45) is 9.25. The maximum Gasteiger partial charge on any atom is 0.216 e. The van der Waals surface area contributed by atoms with Crippen LogP contribution in [0.25, 0.3) is 0 Å². The third-order valence-electron chi connectivity index (χ3n) is 3.62. The lowest BCUT2D eigenvalue weighted by molar-refractivity contribution is 0.309. The quantitative estimate of drug-likeness (QED) is 0.626. The summed E-state index contributed by atoms with van der Waals surface area (Å²) in [6, 6.07) is 10.6. The zero-order valence-electron chi connectivity index (χ0n) is 12.0. The molecule has 0 amide bonds. The SMILES string of the molecule is CCCCCCCCC1COC(c2ccccc2)=N1. The van der Waals surface area contributed by atoms with Crippen LogP contribution in [0.1, 0.15) is 57.4 Å². The van der Waals surface area contributed by atoms with Gasteiger partial charge in [0.1, 0.15) is 6.61 Å². The Morgan fingerprint density at radius 1 is 1.05 bits per heavy atom. The summed E-state index contributed by atoms with van der Waals surface area (Å²) >= 11 is 0. The molecule has 1 heterocycles. The largest absolute Gasteiger partial charge is 0.475 e. The number of ether oxygens (including phenoxy) is 1. The van der Waals surface area contributed by atoms with E-state index in [0.29, 0.717) is 6.04 Å². The smallest absolute Gasteiger partial charge is 0.216 e. The molecule has 2 nitrogen and oxygen atoms in total. The zero-order chi connectivity index (χ0) is 13.3. The lowest BCUT2D eigenvalue weighted by Gasteiger charge is -2.04. The van der Waals surface area contributed by atoms with Crippen LogP contribution >= 0.6 is 0 Å². The second-order valence-electron chi connectivity index (χ2n) is 5.32. The average Bonchev–Trinajstić information content (AvgIpc) is 2.92. The Morgan fingerprint density at radius 2 is 1.79 bits per heavy atom. The fourth-order valence-electron chi connectivity index (χ4n) is 2.46. The van der Waals surface area contributed by atoms with Gasteiger partial charge in [0.25, 0.3) is 0 Å². The van der Waals surface area contributed by atoms with Crippen molar-refractivity contribution in [3.63, 3.8) is 0 Å². The maximum absolute atomic E-state index is 5.70. The number of unbranched alkanes of at least 4 members (excludes halogenated alkanes) is 5. The van der Waals surface area contributed by atoms with E-state index in [9.17, 15) is 0 Å². The first-order valence-corrected chi connectivity index (χ1v) is 7.66. The molecular formula is C17H25NO. The Hall–Kier alpha value is -1.31. The van der Waals surface area contributed by atoms with Gasteiger partial charge >= 0.3 is 0 Å². The summed E-state index contributed by atoms with van der Waals surface area (Å²) in [5.41, 5.74) is 1.10. The topological polar surface area (TPSA) is 21.6 Å². The predicted octanol–water partition coefficient (Wildman–Crippen LogP) is 4.58. The summed E-state index contributed by atoms with van der Waals surface area (Å²) in [5, 5.41) is 0. The highest BCUT2D eigenvalue weighted by atomic mass is 16.5. The fraction of sp³-hybridized carbons (Fsp3) is 0.588. The van der Waals surface area contributed by atoms with E-state index in [1.807, 2.05) is 18.2 Å². The Morgan fingerprint density at radius 3 is 2.58 bits per heavy atom. The van der Waals surface area contributed by atoms with Gasteiger partial charge < -0.3 is 4.74 Å². The highest BCUT2D eigenvalue weighted by Crippen LogP contribution is 2.17. The molecule has 2 rings (SSSR count). The number of rotatable bonds is 8. The van der Waals surface area contributed by atoms with Crippen molar-refractivity contribution in [3.8, 4) is 0 Å². The molecule has 1 aromatic carbocycles. The number of hydrogen-bond acceptors (Lipinski definition) is 2. The van der Waals surface area contributed by atoms with Gasteiger partial charge in [-0.1, -0.05) is 63.6 Å². The van der Waals surface area contributed by atoms with Gasteiger partial charge in [0, 0.05) is 5.56 Å². The van der Waals surface area contributed by atoms with Gasteiger partial charge in [0.15, 0.2) is 0 Å². The number of aliphatic imine (C=N–C) groups is 1. The molecule has 0 spiro atoms. The summed E-state index contributed by atoms with van der Waals surface area (Å²) in [4.78, 5) is 4.69. The van der Waals surface area contributed by atoms with Crippen molar-refractivity contribution >= 4 is 5.90 Å². The van der Waals surface area contributed by atoms with Crippen LogP contribution in [0.4, 0.5) is 0 Å². The van der Waals surface area contributed by atoms with E-state index in [1.54, 1.807) is 0 Å². The van der Waals surface area contributed by atoms with Crippen molar-refractivity contribution in [2.24, 2.45) is 4.99 Å². The van der Waals surface area contributed by atoms with Gasteiger partial charge in [-0.15, -0.1) is 0 Å². The van der Waals surface area contributed by atoms with Crippen LogP contribution in [0.15, 0.2) is 35.3 Å². The van der Waals surface area contributed by atoms with Crippen LogP contribution in [0.5, 0.6) is 0 Å². The maximum atomic E-state index is 5.70. The molecule has 0 saturated heterocycles. The van der Waals surface area contributed by atoms with Crippen molar-refractivity contribution in [2.45, 2.75) is 57.9 Å². The van der Waals surface area contributed by atoms with Crippen molar-refractivity contribution in [3.05, 3.63) is 35.9 Å². The van der Waals surface area contributed by atoms with Gasteiger partial charge in [-0.05, 0) is 18.6 Å². The molecule has 1 aromatic rings. The second-order valence-corrected chi connectivity index (χ2v) is 5.32. The minimum Gasteiger partial charge on any atom is -0.475 e. The Balaban J connectivity index is 1.68. The standard InChI is InChI=1S/C17H25NO/c1-2-3-4-5-6-10-13-16-14-19-17(18-16)15-11-8-7-9-12-15/h7-9,11-12,16H,2-6,10,13-14H2,1H3. The zero-order valence-corrected chi connectivity index (χ0v) is 12.0. The monoisotopic (exact) mass is 259 g/mol. The van der Waals surface area contributed by atoms with E-state index in [-0.39, 0.29) is 0 Å². The van der Waals surface area contributed by atoms with Gasteiger partial charge in [-0.2, -0.15) is 0 Å². The molecule has 0 radical (unpaired) electrons. The van der Waals surface area contributed by atoms with Crippen LogP contribution in [0.3, 0.4) is 0 Å². The average molecular weight is 259 g/mol. The fourth-order valence-corrected chi connectivity index (χ4v) is 2.46. The van der Waals surface area contributed by atoms with Crippen molar-refractivity contribution in [2.75, 3.05) is 6.61 Å². The molecule has 1 unspecified atom stereocenters. The molecule has 1 aliphatic rings. The first kappa shape index (κ1) is 14.1. The van der Waals surface area contributed by atoms with E-state index in [4.69, 9.17) is 4.74 Å². The summed E-state index contributed by atoms with van der Waals surface area (Å²) in [6.45, 7) is 3.02. The Bertz CT molecular complexity index is 386. The number of nitrogens with zero attached hydrogens (tertiary/aromatic N) is 1. The van der Waals surface area contributed by atoms with Crippen LogP contribution < -0.4 is 0 Å². The second kappa shape index (κ2) is 7.98. The van der Waals surface area contributed by atoms with Crippen LogP contribution in [-0.4, -0.2) is 18.5 Å². The van der Waals surface area contributed by atoms with Crippen molar-refractivity contribution in [1.29, 1.82) is 0 Å². The molecule has 0 aromatic heterocycles. The molecule has 104 valence electrons. The summed E-state index contributed by atoms with van der Waals surface area (Å²) in [7, 11) is 0. The first-order valence-electron chi connectivity index (χ1n) is 7.66. The van der Waals surface area contributed by atoms with E-state index in [2.05, 4.69) is 24.0 Å². The van der Waals surface area contributed by atoms with E-state index < -0.39 is 0 Å². The first-order chi connectivity index (χ1) is 9.40. The molecule has 19 heavy (non-hydrogen) atoms. The summed E-state index contributed by atoms with van der Waals surface area (Å²) in [5.74, 6) is 0.830. The third kappa shape index (κ3) is 4.70. The molecule has 0 N–H and O–H groups in total. The van der Waals surface area contributed by atoms with Gasteiger partial charge in [0.05, 0.1) is 6.04 Å². The molecule has 0 saturated carbocycles. The number of hydrogen-bond donors (Lipinski definition) is 0. The normalized spacial score (nSPS) is 18.2. The van der Waals surface area contributed by atoms with E-state index in [1.165, 1.54) is 44.9 Å². The molecule has 2 heteroatoms.